The molecule has 4 heteroatoms. The van der Waals surface area contributed by atoms with E-state index < -0.39 is 5.60 Å². The van der Waals surface area contributed by atoms with E-state index >= 15 is 0 Å². The SMILES string of the molecule is CCCC(O)(CCC)CC(=O)NCc1ccccn1. The topological polar surface area (TPSA) is 62.2 Å². The van der Waals surface area contributed by atoms with Crippen molar-refractivity contribution in [3.8, 4) is 0 Å². The molecule has 0 aromatic carbocycles. The van der Waals surface area contributed by atoms with Gasteiger partial charge in [0.25, 0.3) is 0 Å². The lowest BCUT2D eigenvalue weighted by atomic mass is 9.89. The quantitative estimate of drug-likeness (QED) is 0.758. The van der Waals surface area contributed by atoms with Gasteiger partial charge in [-0.1, -0.05) is 32.8 Å². The lowest BCUT2D eigenvalue weighted by Crippen LogP contribution is -2.36. The molecular formula is C15H24N2O2. The van der Waals surface area contributed by atoms with Crippen LogP contribution in [0.15, 0.2) is 24.4 Å². The Morgan fingerprint density at radius 2 is 2.00 bits per heavy atom. The fourth-order valence-electron chi connectivity index (χ4n) is 2.29. The van der Waals surface area contributed by atoms with Crippen LogP contribution in [0.25, 0.3) is 0 Å². The third-order valence-electron chi connectivity index (χ3n) is 3.11. The van der Waals surface area contributed by atoms with Crippen molar-refractivity contribution in [3.05, 3.63) is 30.1 Å². The molecular weight excluding hydrogens is 240 g/mol. The molecule has 0 saturated heterocycles. The molecule has 1 heterocycles. The van der Waals surface area contributed by atoms with Crippen LogP contribution in [0.1, 0.15) is 51.6 Å². The first-order valence-corrected chi connectivity index (χ1v) is 6.98. The Balaban J connectivity index is 2.44. The van der Waals surface area contributed by atoms with E-state index in [1.54, 1.807) is 6.20 Å². The van der Waals surface area contributed by atoms with Crippen molar-refractivity contribution in [1.82, 2.24) is 10.3 Å². The number of pyridine rings is 1. The van der Waals surface area contributed by atoms with Gasteiger partial charge in [-0.05, 0) is 25.0 Å². The molecule has 0 spiro atoms. The van der Waals surface area contributed by atoms with Crippen LogP contribution in [-0.4, -0.2) is 21.6 Å². The highest BCUT2D eigenvalue weighted by Gasteiger charge is 2.27. The molecule has 0 aliphatic heterocycles. The minimum Gasteiger partial charge on any atom is -0.389 e. The number of carbonyl (C=O) groups is 1. The van der Waals surface area contributed by atoms with E-state index in [9.17, 15) is 9.90 Å². The highest BCUT2D eigenvalue weighted by Crippen LogP contribution is 2.23. The third kappa shape index (κ3) is 5.83. The Hall–Kier alpha value is -1.42. The molecule has 1 amide bonds. The minimum absolute atomic E-state index is 0.116. The zero-order chi connectivity index (χ0) is 14.1. The summed E-state index contributed by atoms with van der Waals surface area (Å²) in [7, 11) is 0. The van der Waals surface area contributed by atoms with Gasteiger partial charge in [0.15, 0.2) is 0 Å². The maximum absolute atomic E-state index is 11.9. The molecule has 1 aromatic rings. The van der Waals surface area contributed by atoms with Gasteiger partial charge in [0, 0.05) is 6.20 Å². The van der Waals surface area contributed by atoms with Crippen LogP contribution in [-0.2, 0) is 11.3 Å². The van der Waals surface area contributed by atoms with E-state index in [-0.39, 0.29) is 12.3 Å². The number of rotatable bonds is 8. The van der Waals surface area contributed by atoms with Crippen LogP contribution in [0.3, 0.4) is 0 Å². The van der Waals surface area contributed by atoms with Crippen molar-refractivity contribution in [2.24, 2.45) is 0 Å². The second-order valence-electron chi connectivity index (χ2n) is 5.00. The number of hydrogen-bond acceptors (Lipinski definition) is 3. The highest BCUT2D eigenvalue weighted by atomic mass is 16.3. The van der Waals surface area contributed by atoms with Gasteiger partial charge < -0.3 is 10.4 Å². The zero-order valence-corrected chi connectivity index (χ0v) is 11.9. The van der Waals surface area contributed by atoms with Crippen molar-refractivity contribution in [3.63, 3.8) is 0 Å². The van der Waals surface area contributed by atoms with E-state index in [0.717, 1.165) is 18.5 Å². The number of nitrogens with one attached hydrogen (secondary N) is 1. The lowest BCUT2D eigenvalue weighted by Gasteiger charge is -2.26. The summed E-state index contributed by atoms with van der Waals surface area (Å²) in [6.45, 7) is 4.45. The maximum Gasteiger partial charge on any atom is 0.223 e. The molecule has 1 aromatic heterocycles. The van der Waals surface area contributed by atoms with Gasteiger partial charge in [-0.3, -0.25) is 9.78 Å². The molecule has 0 bridgehead atoms. The van der Waals surface area contributed by atoms with Crippen molar-refractivity contribution in [1.29, 1.82) is 0 Å². The van der Waals surface area contributed by atoms with Crippen LogP contribution in [0.4, 0.5) is 0 Å². The first-order valence-electron chi connectivity index (χ1n) is 6.98. The fourth-order valence-corrected chi connectivity index (χ4v) is 2.29. The molecule has 19 heavy (non-hydrogen) atoms. The van der Waals surface area contributed by atoms with Gasteiger partial charge in [0.2, 0.25) is 5.91 Å². The predicted octanol–water partition coefficient (Wildman–Crippen LogP) is 2.42. The van der Waals surface area contributed by atoms with Crippen molar-refractivity contribution >= 4 is 5.91 Å². The summed E-state index contributed by atoms with van der Waals surface area (Å²) in [5.41, 5.74) is -0.0390. The van der Waals surface area contributed by atoms with E-state index in [1.807, 2.05) is 32.0 Å². The van der Waals surface area contributed by atoms with Crippen LogP contribution >= 0.6 is 0 Å². The molecule has 0 aliphatic rings. The van der Waals surface area contributed by atoms with Crippen LogP contribution in [0.5, 0.6) is 0 Å². The molecule has 1 rings (SSSR count). The maximum atomic E-state index is 11.9. The van der Waals surface area contributed by atoms with Crippen LogP contribution in [0.2, 0.25) is 0 Å². The van der Waals surface area contributed by atoms with Crippen molar-refractivity contribution in [2.75, 3.05) is 0 Å². The number of carbonyl (C=O) groups excluding carboxylic acids is 1. The van der Waals surface area contributed by atoms with Crippen molar-refractivity contribution < 1.29 is 9.90 Å². The standard InChI is InChI=1S/C15H24N2O2/c1-3-8-15(19,9-4-2)11-14(18)17-12-13-7-5-6-10-16-13/h5-7,10,19H,3-4,8-9,11-12H2,1-2H3,(H,17,18). The summed E-state index contributed by atoms with van der Waals surface area (Å²) < 4.78 is 0. The monoisotopic (exact) mass is 264 g/mol. The molecule has 0 saturated carbocycles. The summed E-state index contributed by atoms with van der Waals surface area (Å²) in [6.07, 6.45) is 4.96. The van der Waals surface area contributed by atoms with E-state index in [1.165, 1.54) is 0 Å². The normalized spacial score (nSPS) is 11.3. The molecule has 0 radical (unpaired) electrons. The fraction of sp³-hybridized carbons (Fsp3) is 0.600. The number of aliphatic hydroxyl groups is 1. The lowest BCUT2D eigenvalue weighted by molar-refractivity contribution is -0.126. The van der Waals surface area contributed by atoms with E-state index in [0.29, 0.717) is 19.4 Å². The second kappa shape index (κ2) is 7.89. The molecule has 0 unspecified atom stereocenters. The average Bonchev–Trinajstić information content (AvgIpc) is 2.38. The van der Waals surface area contributed by atoms with Gasteiger partial charge in [-0.15, -0.1) is 0 Å². The number of amides is 1. The Bertz CT molecular complexity index is 373. The van der Waals surface area contributed by atoms with E-state index in [4.69, 9.17) is 0 Å². The number of hydrogen-bond donors (Lipinski definition) is 2. The Morgan fingerprint density at radius 1 is 1.32 bits per heavy atom. The number of aromatic nitrogens is 1. The smallest absolute Gasteiger partial charge is 0.223 e. The Morgan fingerprint density at radius 3 is 2.53 bits per heavy atom. The Kier molecular flexibility index (Phi) is 6.50. The molecule has 106 valence electrons. The summed E-state index contributed by atoms with van der Waals surface area (Å²) >= 11 is 0. The average molecular weight is 264 g/mol. The molecule has 2 N–H and O–H groups in total. The van der Waals surface area contributed by atoms with Crippen molar-refractivity contribution in [2.45, 2.75) is 58.1 Å². The van der Waals surface area contributed by atoms with E-state index in [2.05, 4.69) is 10.3 Å². The summed E-state index contributed by atoms with van der Waals surface area (Å²) in [5, 5.41) is 13.2. The van der Waals surface area contributed by atoms with Gasteiger partial charge in [-0.25, -0.2) is 0 Å². The predicted molar refractivity (Wildman–Crippen MR) is 75.5 cm³/mol. The largest absolute Gasteiger partial charge is 0.389 e. The van der Waals surface area contributed by atoms with Crippen LogP contribution in [0, 0.1) is 0 Å². The highest BCUT2D eigenvalue weighted by molar-refractivity contribution is 5.76. The summed E-state index contributed by atoms with van der Waals surface area (Å²) in [6, 6.07) is 5.59. The first-order chi connectivity index (χ1) is 9.09. The zero-order valence-electron chi connectivity index (χ0n) is 11.9. The van der Waals surface area contributed by atoms with Crippen LogP contribution < -0.4 is 5.32 Å². The first kappa shape index (κ1) is 15.6. The van der Waals surface area contributed by atoms with Gasteiger partial charge in [-0.2, -0.15) is 0 Å². The second-order valence-corrected chi connectivity index (χ2v) is 5.00. The molecule has 0 atom stereocenters. The van der Waals surface area contributed by atoms with Gasteiger partial charge in [0.1, 0.15) is 0 Å². The number of nitrogens with zero attached hydrogens (tertiary/aromatic N) is 1. The summed E-state index contributed by atoms with van der Waals surface area (Å²) in [5.74, 6) is -0.116. The Labute approximate surface area is 115 Å². The summed E-state index contributed by atoms with van der Waals surface area (Å²) in [4.78, 5) is 16.0. The molecule has 0 fully saturated rings. The van der Waals surface area contributed by atoms with Gasteiger partial charge >= 0.3 is 0 Å². The molecule has 0 aliphatic carbocycles. The van der Waals surface area contributed by atoms with Gasteiger partial charge in [0.05, 0.1) is 24.3 Å². The minimum atomic E-state index is -0.863. The third-order valence-corrected chi connectivity index (χ3v) is 3.11. The molecule has 4 nitrogen and oxygen atoms in total.